The van der Waals surface area contributed by atoms with E-state index in [4.69, 9.17) is 0 Å². The van der Waals surface area contributed by atoms with Gasteiger partial charge in [0.05, 0.1) is 0 Å². The van der Waals surface area contributed by atoms with Crippen LogP contribution >= 0.6 is 0 Å². The molecule has 0 nitrogen and oxygen atoms in total. The Morgan fingerprint density at radius 3 is 1.33 bits per heavy atom. The minimum absolute atomic E-state index is 0.386. The van der Waals surface area contributed by atoms with E-state index in [1.165, 1.54) is 57.8 Å². The van der Waals surface area contributed by atoms with E-state index in [0.717, 1.165) is 23.7 Å². The molecule has 0 heterocycles. The number of hydrogen-bond acceptors (Lipinski definition) is 0. The first-order chi connectivity index (χ1) is 13.7. The van der Waals surface area contributed by atoms with E-state index in [9.17, 15) is 0 Å². The van der Waals surface area contributed by atoms with Crippen LogP contribution in [-0.2, 0) is 0 Å². The molecule has 4 unspecified atom stereocenters. The zero-order valence-electron chi connectivity index (χ0n) is 23.3. The topological polar surface area (TPSA) is 0 Å². The third-order valence-corrected chi connectivity index (χ3v) is 9.14. The molecule has 0 heteroatoms. The van der Waals surface area contributed by atoms with Crippen molar-refractivity contribution in [3.63, 3.8) is 0 Å². The summed E-state index contributed by atoms with van der Waals surface area (Å²) >= 11 is 0. The minimum atomic E-state index is 0.386. The highest BCUT2D eigenvalue weighted by molar-refractivity contribution is 5.10. The molecule has 4 atom stereocenters. The lowest BCUT2D eigenvalue weighted by molar-refractivity contribution is -0.110. The second-order valence-corrected chi connectivity index (χ2v) is 13.6. The second kappa shape index (κ2) is 10.7. The van der Waals surface area contributed by atoms with Crippen LogP contribution in [0.15, 0.2) is 0 Å². The van der Waals surface area contributed by atoms with Gasteiger partial charge in [0, 0.05) is 0 Å². The van der Waals surface area contributed by atoms with Crippen LogP contribution in [0, 0.1) is 51.8 Å². The molecule has 0 aromatic heterocycles. The lowest BCUT2D eigenvalue weighted by Gasteiger charge is -2.62. The first-order valence-electron chi connectivity index (χ1n) is 13.5. The van der Waals surface area contributed by atoms with E-state index in [-0.39, 0.29) is 0 Å². The van der Waals surface area contributed by atoms with Gasteiger partial charge in [-0.2, -0.15) is 0 Å². The van der Waals surface area contributed by atoms with Gasteiger partial charge in [0.2, 0.25) is 0 Å². The summed E-state index contributed by atoms with van der Waals surface area (Å²) in [6.07, 6.45) is 14.8. The molecule has 0 aromatic carbocycles. The Balaban J connectivity index is 3.66. The molecule has 1 radical (unpaired) electrons. The Kier molecular flexibility index (Phi) is 10.0. The van der Waals surface area contributed by atoms with Crippen LogP contribution in [0.2, 0.25) is 0 Å². The molecule has 1 fully saturated rings. The van der Waals surface area contributed by atoms with E-state index >= 15 is 0 Å². The fraction of sp³-hybridized carbons (Fsp3) is 0.967. The summed E-state index contributed by atoms with van der Waals surface area (Å²) < 4.78 is 0. The number of rotatable bonds is 12. The summed E-state index contributed by atoms with van der Waals surface area (Å²) in [6, 6.07) is 0. The molecule has 30 heavy (non-hydrogen) atoms. The SMILES string of the molecule is CCCC(C)(C)C1[CH]CC(C(C)(C)CCC)C(C(C)(C)CCC)C1C(C)(C)CCC. The van der Waals surface area contributed by atoms with E-state index in [2.05, 4.69) is 89.5 Å². The van der Waals surface area contributed by atoms with E-state index in [0.29, 0.717) is 21.7 Å². The molecular formula is C30H59. The van der Waals surface area contributed by atoms with E-state index < -0.39 is 0 Å². The minimum Gasteiger partial charge on any atom is -0.0654 e. The van der Waals surface area contributed by atoms with Gasteiger partial charge in [-0.15, -0.1) is 0 Å². The van der Waals surface area contributed by atoms with Crippen molar-refractivity contribution in [1.29, 1.82) is 0 Å². The summed E-state index contributed by atoms with van der Waals surface area (Å²) in [5.41, 5.74) is 1.60. The fourth-order valence-corrected chi connectivity index (χ4v) is 7.94. The highest BCUT2D eigenvalue weighted by Gasteiger charge is 2.56. The van der Waals surface area contributed by atoms with Crippen LogP contribution in [-0.4, -0.2) is 0 Å². The average molecular weight is 420 g/mol. The van der Waals surface area contributed by atoms with Crippen molar-refractivity contribution >= 4 is 0 Å². The van der Waals surface area contributed by atoms with Gasteiger partial charge in [-0.25, -0.2) is 0 Å². The largest absolute Gasteiger partial charge is 0.0654 e. The molecule has 0 N–H and O–H groups in total. The normalized spacial score (nSPS) is 26.8. The van der Waals surface area contributed by atoms with Crippen LogP contribution in [0.5, 0.6) is 0 Å². The molecule has 1 rings (SSSR count). The quantitative estimate of drug-likeness (QED) is 0.295. The van der Waals surface area contributed by atoms with Gasteiger partial charge in [0.1, 0.15) is 0 Å². The van der Waals surface area contributed by atoms with E-state index in [1.807, 2.05) is 0 Å². The van der Waals surface area contributed by atoms with Gasteiger partial charge in [-0.05, 0) is 83.9 Å². The van der Waals surface area contributed by atoms with Gasteiger partial charge >= 0.3 is 0 Å². The van der Waals surface area contributed by atoms with Crippen molar-refractivity contribution < 1.29 is 0 Å². The average Bonchev–Trinajstić information content (AvgIpc) is 2.60. The summed E-state index contributed by atoms with van der Waals surface area (Å²) in [7, 11) is 0. The summed E-state index contributed by atoms with van der Waals surface area (Å²) in [6.45, 7) is 30.4. The summed E-state index contributed by atoms with van der Waals surface area (Å²) in [4.78, 5) is 0. The van der Waals surface area contributed by atoms with Gasteiger partial charge in [0.15, 0.2) is 0 Å². The van der Waals surface area contributed by atoms with Gasteiger partial charge in [0.25, 0.3) is 0 Å². The van der Waals surface area contributed by atoms with Gasteiger partial charge < -0.3 is 0 Å². The molecule has 1 aliphatic carbocycles. The number of hydrogen-bond donors (Lipinski definition) is 0. The maximum atomic E-state index is 2.83. The zero-order chi connectivity index (χ0) is 23.4. The zero-order valence-corrected chi connectivity index (χ0v) is 23.3. The Morgan fingerprint density at radius 2 is 0.900 bits per heavy atom. The standard InChI is InChI=1S/C30H59/c1-13-19-27(5,6)23-17-18-24(28(7,8)20-14-2)26(30(11,12)22-16-4)25(23)29(9,10)21-15-3/h17,23-26H,13-16,18-22H2,1-12H3. The van der Waals surface area contributed by atoms with Crippen molar-refractivity contribution in [1.82, 2.24) is 0 Å². The Morgan fingerprint density at radius 1 is 0.533 bits per heavy atom. The Labute approximate surface area is 192 Å². The molecule has 0 amide bonds. The molecular weight excluding hydrogens is 360 g/mol. The Hall–Kier alpha value is 0. The lowest BCUT2D eigenvalue weighted by atomic mass is 9.43. The van der Waals surface area contributed by atoms with Crippen LogP contribution in [0.1, 0.15) is 141 Å². The van der Waals surface area contributed by atoms with Crippen molar-refractivity contribution in [2.75, 3.05) is 0 Å². The molecule has 0 aliphatic heterocycles. The van der Waals surface area contributed by atoms with E-state index in [1.54, 1.807) is 0 Å². The lowest BCUT2D eigenvalue weighted by Crippen LogP contribution is -2.55. The molecule has 0 bridgehead atoms. The molecule has 0 spiro atoms. The predicted molar refractivity (Wildman–Crippen MR) is 138 cm³/mol. The summed E-state index contributed by atoms with van der Waals surface area (Å²) in [5, 5.41) is 0. The van der Waals surface area contributed by atoms with Gasteiger partial charge in [-0.1, -0.05) is 109 Å². The summed E-state index contributed by atoms with van der Waals surface area (Å²) in [5.74, 6) is 3.10. The van der Waals surface area contributed by atoms with Crippen molar-refractivity contribution in [2.45, 2.75) is 141 Å². The maximum Gasteiger partial charge on any atom is -0.0290 e. The Bertz CT molecular complexity index is 446. The van der Waals surface area contributed by atoms with Crippen molar-refractivity contribution in [3.05, 3.63) is 6.42 Å². The third kappa shape index (κ3) is 6.28. The van der Waals surface area contributed by atoms with Crippen LogP contribution in [0.3, 0.4) is 0 Å². The second-order valence-electron chi connectivity index (χ2n) is 13.6. The highest BCUT2D eigenvalue weighted by atomic mass is 14.6. The molecule has 1 aliphatic rings. The predicted octanol–water partition coefficient (Wildman–Crippen LogP) is 10.4. The monoisotopic (exact) mass is 419 g/mol. The van der Waals surface area contributed by atoms with Crippen molar-refractivity contribution in [3.8, 4) is 0 Å². The smallest absolute Gasteiger partial charge is 0.0290 e. The van der Waals surface area contributed by atoms with Gasteiger partial charge in [-0.3, -0.25) is 0 Å². The third-order valence-electron chi connectivity index (χ3n) is 9.14. The van der Waals surface area contributed by atoms with Crippen LogP contribution < -0.4 is 0 Å². The van der Waals surface area contributed by atoms with Crippen molar-refractivity contribution in [2.24, 2.45) is 45.3 Å². The fourth-order valence-electron chi connectivity index (χ4n) is 7.94. The molecule has 1 saturated carbocycles. The highest BCUT2D eigenvalue weighted by Crippen LogP contribution is 2.63. The van der Waals surface area contributed by atoms with Crippen LogP contribution in [0.4, 0.5) is 0 Å². The first-order valence-corrected chi connectivity index (χ1v) is 13.5. The van der Waals surface area contributed by atoms with Crippen LogP contribution in [0.25, 0.3) is 0 Å². The molecule has 0 saturated heterocycles. The maximum absolute atomic E-state index is 2.83. The first kappa shape index (κ1) is 28.0. The molecule has 179 valence electrons. The molecule has 0 aromatic rings.